The van der Waals surface area contributed by atoms with Gasteiger partial charge in [-0.15, -0.1) is 0 Å². The molecule has 202 valence electrons. The normalized spacial score (nSPS) is 24.2. The molecule has 2 saturated heterocycles. The molecule has 1 N–H and O–H groups in total. The van der Waals surface area contributed by atoms with Crippen LogP contribution in [0.25, 0.3) is 11.1 Å². The van der Waals surface area contributed by atoms with Gasteiger partial charge in [0.15, 0.2) is 0 Å². The maximum absolute atomic E-state index is 15.4. The van der Waals surface area contributed by atoms with Gasteiger partial charge in [0.25, 0.3) is 5.91 Å². The molecule has 0 aromatic heterocycles. The van der Waals surface area contributed by atoms with Crippen molar-refractivity contribution >= 4 is 5.91 Å². The van der Waals surface area contributed by atoms with Crippen LogP contribution in [0, 0.1) is 5.82 Å². The molecule has 2 aromatic carbocycles. The van der Waals surface area contributed by atoms with Crippen LogP contribution < -0.4 is 0 Å². The third-order valence-corrected chi connectivity index (χ3v) is 8.18. The van der Waals surface area contributed by atoms with Crippen LogP contribution in [-0.4, -0.2) is 70.2 Å². The molecule has 0 aliphatic carbocycles. The number of likely N-dealkylation sites (tertiary alicyclic amines) is 2. The molecule has 3 aliphatic heterocycles. The van der Waals surface area contributed by atoms with E-state index in [4.69, 9.17) is 0 Å². The highest BCUT2D eigenvalue weighted by Crippen LogP contribution is 2.35. The zero-order valence-corrected chi connectivity index (χ0v) is 22.0. The summed E-state index contributed by atoms with van der Waals surface area (Å²) in [7, 11) is 0. The lowest BCUT2D eigenvalue weighted by atomic mass is 9.94. The first-order chi connectivity index (χ1) is 18.4. The molecule has 0 saturated carbocycles. The minimum absolute atomic E-state index is 0.0813. The fourth-order valence-electron chi connectivity index (χ4n) is 6.00. The first-order valence-corrected chi connectivity index (χ1v) is 13.8. The van der Waals surface area contributed by atoms with Crippen molar-refractivity contribution in [2.45, 2.75) is 63.4 Å². The van der Waals surface area contributed by atoms with Crippen LogP contribution in [0.4, 0.5) is 8.78 Å². The van der Waals surface area contributed by atoms with Crippen LogP contribution in [-0.2, 0) is 4.79 Å². The summed E-state index contributed by atoms with van der Waals surface area (Å²) >= 11 is 0. The number of benzene rings is 2. The summed E-state index contributed by atoms with van der Waals surface area (Å²) in [5.41, 5.74) is 3.50. The number of alkyl halides is 1. The Labute approximate surface area is 224 Å². The van der Waals surface area contributed by atoms with Gasteiger partial charge in [-0.3, -0.25) is 9.69 Å². The molecule has 0 spiro atoms. The van der Waals surface area contributed by atoms with Crippen molar-refractivity contribution in [2.75, 3.05) is 26.2 Å². The van der Waals surface area contributed by atoms with Crippen LogP contribution in [0.15, 0.2) is 72.6 Å². The van der Waals surface area contributed by atoms with Crippen molar-refractivity contribution in [3.8, 4) is 11.1 Å². The van der Waals surface area contributed by atoms with E-state index in [1.807, 2.05) is 41.4 Å². The minimum Gasteiger partial charge on any atom is -0.393 e. The van der Waals surface area contributed by atoms with Crippen LogP contribution in [0.1, 0.15) is 50.6 Å². The number of aliphatic hydroxyl groups excluding tert-OH is 1. The number of carbonyl (C=O) groups is 1. The molecule has 3 heterocycles. The topological polar surface area (TPSA) is 47.0 Å². The molecule has 0 radical (unpaired) electrons. The number of piperidine rings is 2. The summed E-state index contributed by atoms with van der Waals surface area (Å²) < 4.78 is 29.0. The Kier molecular flexibility index (Phi) is 8.24. The molecule has 2 aromatic rings. The van der Waals surface area contributed by atoms with E-state index in [9.17, 15) is 14.3 Å². The second kappa shape index (κ2) is 11.8. The Morgan fingerprint density at radius 3 is 2.47 bits per heavy atom. The standard InChI is InChI=1S/C31H37F2N3O2/c1-22(26-7-4-5-8-27(26)23-10-12-24(32)13-11-23)36-17-6-2-3-9-30(36)31(38)35-20-16-29(28(33)21-35)34-18-14-25(37)15-19-34/h4-13,17,22,25,28-29,37H,2-3,14-16,18-21H2,1H3. The van der Waals surface area contributed by atoms with Crippen molar-refractivity contribution < 1.29 is 18.7 Å². The van der Waals surface area contributed by atoms with Gasteiger partial charge in [-0.05, 0) is 67.9 Å². The van der Waals surface area contributed by atoms with E-state index in [2.05, 4.69) is 17.9 Å². The summed E-state index contributed by atoms with van der Waals surface area (Å²) in [4.78, 5) is 19.7. The fraction of sp³-hybridized carbons (Fsp3) is 0.452. The van der Waals surface area contributed by atoms with Gasteiger partial charge in [-0.1, -0.05) is 48.6 Å². The van der Waals surface area contributed by atoms with Gasteiger partial charge in [0.05, 0.1) is 18.7 Å². The van der Waals surface area contributed by atoms with Crippen molar-refractivity contribution in [3.05, 3.63) is 84.0 Å². The maximum Gasteiger partial charge on any atom is 0.270 e. The van der Waals surface area contributed by atoms with Crippen LogP contribution in [0.2, 0.25) is 0 Å². The fourth-order valence-corrected chi connectivity index (χ4v) is 6.00. The zero-order chi connectivity index (χ0) is 26.6. The largest absolute Gasteiger partial charge is 0.393 e. The number of hydrogen-bond donors (Lipinski definition) is 1. The van der Waals surface area contributed by atoms with E-state index in [1.165, 1.54) is 12.1 Å². The maximum atomic E-state index is 15.4. The zero-order valence-electron chi connectivity index (χ0n) is 22.0. The average Bonchev–Trinajstić information content (AvgIpc) is 3.19. The van der Waals surface area contributed by atoms with Gasteiger partial charge in [-0.2, -0.15) is 0 Å². The number of halogens is 2. The molecular formula is C31H37F2N3O2. The predicted molar refractivity (Wildman–Crippen MR) is 145 cm³/mol. The second-order valence-corrected chi connectivity index (χ2v) is 10.6. The SMILES string of the molecule is CC(c1ccccc1-c1ccc(F)cc1)N1C=CCCC=C1C(=O)N1CCC(N2CCC(O)CC2)C(F)C1. The Balaban J connectivity index is 1.34. The molecule has 0 bridgehead atoms. The van der Waals surface area contributed by atoms with E-state index in [0.717, 1.165) is 29.5 Å². The summed E-state index contributed by atoms with van der Waals surface area (Å²) in [6.07, 6.45) is 8.14. The van der Waals surface area contributed by atoms with Gasteiger partial charge >= 0.3 is 0 Å². The van der Waals surface area contributed by atoms with E-state index in [0.29, 0.717) is 44.6 Å². The van der Waals surface area contributed by atoms with Crippen LogP contribution in [0.5, 0.6) is 0 Å². The Morgan fingerprint density at radius 2 is 1.74 bits per heavy atom. The molecule has 3 aliphatic rings. The number of amides is 1. The minimum atomic E-state index is -1.12. The van der Waals surface area contributed by atoms with E-state index in [1.54, 1.807) is 17.0 Å². The summed E-state index contributed by atoms with van der Waals surface area (Å²) in [5.74, 6) is -0.420. The molecule has 3 unspecified atom stereocenters. The third kappa shape index (κ3) is 5.69. The highest BCUT2D eigenvalue weighted by Gasteiger charge is 2.38. The molecule has 38 heavy (non-hydrogen) atoms. The lowest BCUT2D eigenvalue weighted by molar-refractivity contribution is -0.132. The first-order valence-electron chi connectivity index (χ1n) is 13.8. The number of aliphatic hydroxyl groups is 1. The smallest absolute Gasteiger partial charge is 0.270 e. The summed E-state index contributed by atoms with van der Waals surface area (Å²) in [6, 6.07) is 14.1. The van der Waals surface area contributed by atoms with Crippen molar-refractivity contribution in [1.82, 2.24) is 14.7 Å². The molecule has 5 nitrogen and oxygen atoms in total. The average molecular weight is 522 g/mol. The number of allylic oxidation sites excluding steroid dienone is 2. The molecule has 2 fully saturated rings. The Morgan fingerprint density at radius 1 is 1.00 bits per heavy atom. The molecule has 1 amide bonds. The van der Waals surface area contributed by atoms with E-state index in [-0.39, 0.29) is 36.5 Å². The summed E-state index contributed by atoms with van der Waals surface area (Å²) in [5, 5.41) is 9.81. The van der Waals surface area contributed by atoms with E-state index < -0.39 is 6.17 Å². The predicted octanol–water partition coefficient (Wildman–Crippen LogP) is 5.44. The van der Waals surface area contributed by atoms with Gasteiger partial charge in [-0.25, -0.2) is 8.78 Å². The lowest BCUT2D eigenvalue weighted by Gasteiger charge is -2.43. The monoisotopic (exact) mass is 521 g/mol. The highest BCUT2D eigenvalue weighted by molar-refractivity contribution is 5.93. The van der Waals surface area contributed by atoms with Crippen molar-refractivity contribution in [1.29, 1.82) is 0 Å². The number of rotatable bonds is 5. The Bertz CT molecular complexity index is 1170. The molecular weight excluding hydrogens is 484 g/mol. The van der Waals surface area contributed by atoms with Crippen molar-refractivity contribution in [2.24, 2.45) is 0 Å². The number of carbonyl (C=O) groups excluding carboxylic acids is 1. The van der Waals surface area contributed by atoms with Crippen molar-refractivity contribution in [3.63, 3.8) is 0 Å². The molecule has 5 rings (SSSR count). The highest BCUT2D eigenvalue weighted by atomic mass is 19.1. The van der Waals surface area contributed by atoms with Gasteiger partial charge in [0, 0.05) is 31.9 Å². The second-order valence-electron chi connectivity index (χ2n) is 10.6. The third-order valence-electron chi connectivity index (χ3n) is 8.18. The number of nitrogens with zero attached hydrogens (tertiary/aromatic N) is 3. The Hall–Kier alpha value is -3.03. The quantitative estimate of drug-likeness (QED) is 0.569. The van der Waals surface area contributed by atoms with Gasteiger partial charge in [0.1, 0.15) is 17.7 Å². The summed E-state index contributed by atoms with van der Waals surface area (Å²) in [6.45, 7) is 4.06. The number of hydrogen-bond acceptors (Lipinski definition) is 4. The van der Waals surface area contributed by atoms with Gasteiger partial charge < -0.3 is 14.9 Å². The first kappa shape index (κ1) is 26.6. The van der Waals surface area contributed by atoms with Crippen LogP contribution >= 0.6 is 0 Å². The molecule has 7 heteroatoms. The molecule has 3 atom stereocenters. The van der Waals surface area contributed by atoms with Gasteiger partial charge in [0.2, 0.25) is 0 Å². The van der Waals surface area contributed by atoms with Crippen LogP contribution in [0.3, 0.4) is 0 Å². The lowest BCUT2D eigenvalue weighted by Crippen LogP contribution is -2.56. The van der Waals surface area contributed by atoms with E-state index >= 15 is 4.39 Å².